The number of carboxylic acid groups (broad SMARTS) is 1. The van der Waals surface area contributed by atoms with Gasteiger partial charge in [0, 0.05) is 17.2 Å². The minimum atomic E-state index is -5.08. The number of carboxylic acids is 1. The van der Waals surface area contributed by atoms with Crippen LogP contribution < -0.4 is 16.2 Å². The second kappa shape index (κ2) is 8.70. The quantitative estimate of drug-likeness (QED) is 0.364. The summed E-state index contributed by atoms with van der Waals surface area (Å²) in [4.78, 5) is 19.8. The number of rotatable bonds is 4. The molecular formula is C17H16F3N3O4. The summed E-state index contributed by atoms with van der Waals surface area (Å²) >= 11 is 0. The number of nitrogens with one attached hydrogen (secondary N) is 1. The van der Waals surface area contributed by atoms with Crippen molar-refractivity contribution in [3.8, 4) is 5.75 Å². The molecule has 144 valence electrons. The maximum atomic E-state index is 10.9. The first-order chi connectivity index (χ1) is 12.5. The Balaban J connectivity index is 0.000000445. The van der Waals surface area contributed by atoms with Gasteiger partial charge in [-0.1, -0.05) is 18.2 Å². The molecule has 0 fully saturated rings. The van der Waals surface area contributed by atoms with Crippen molar-refractivity contribution in [2.45, 2.75) is 6.18 Å². The molecule has 0 aliphatic carbocycles. The number of amides is 1. The highest BCUT2D eigenvalue weighted by Crippen LogP contribution is 2.30. The molecule has 0 radical (unpaired) electrons. The smallest absolute Gasteiger partial charge is 0.490 e. The van der Waals surface area contributed by atoms with Crippen LogP contribution in [0.5, 0.6) is 5.75 Å². The Bertz CT molecular complexity index is 908. The van der Waals surface area contributed by atoms with E-state index in [9.17, 15) is 18.0 Å². The third-order valence-corrected chi connectivity index (χ3v) is 3.21. The van der Waals surface area contributed by atoms with Crippen molar-refractivity contribution >= 4 is 34.6 Å². The lowest BCUT2D eigenvalue weighted by atomic mass is 10.00. The molecule has 0 bridgehead atoms. The molecule has 27 heavy (non-hydrogen) atoms. The molecule has 0 aromatic heterocycles. The van der Waals surface area contributed by atoms with Crippen LogP contribution in [0.3, 0.4) is 0 Å². The number of alkyl halides is 3. The number of nitrogens with two attached hydrogens (primary N) is 2. The van der Waals surface area contributed by atoms with Gasteiger partial charge >= 0.3 is 12.1 Å². The van der Waals surface area contributed by atoms with Crippen molar-refractivity contribution < 1.29 is 32.6 Å². The van der Waals surface area contributed by atoms with Gasteiger partial charge in [-0.2, -0.15) is 13.2 Å². The van der Waals surface area contributed by atoms with Gasteiger partial charge in [0.1, 0.15) is 11.6 Å². The Morgan fingerprint density at radius 1 is 1.19 bits per heavy atom. The van der Waals surface area contributed by atoms with Crippen LogP contribution in [-0.2, 0) is 9.59 Å². The normalized spacial score (nSPS) is 11.0. The molecule has 2 rings (SSSR count). The van der Waals surface area contributed by atoms with Crippen LogP contribution >= 0.6 is 0 Å². The lowest BCUT2D eigenvalue weighted by molar-refractivity contribution is -0.192. The van der Waals surface area contributed by atoms with E-state index in [1.807, 2.05) is 18.2 Å². The van der Waals surface area contributed by atoms with E-state index in [1.165, 1.54) is 6.08 Å². The number of aliphatic carboxylic acids is 1. The molecule has 7 nitrogen and oxygen atoms in total. The SMILES string of the molecule is COc1ccc2ccc(C(=N)N)cc2c1/C=C/C(N)=O.O=C(O)C(F)(F)F. The molecule has 0 atom stereocenters. The number of amidine groups is 1. The van der Waals surface area contributed by atoms with E-state index in [0.717, 1.165) is 16.3 Å². The second-order valence-corrected chi connectivity index (χ2v) is 5.07. The zero-order valence-corrected chi connectivity index (χ0v) is 14.0. The summed E-state index contributed by atoms with van der Waals surface area (Å²) in [5.74, 6) is -2.69. The standard InChI is InChI=1S/C15H15N3O2.C2HF3O2/c1-20-13-6-4-9-2-3-10(15(17)18)8-12(9)11(13)5-7-14(16)19;3-2(4,5)1(6)7/h2-8H,1H3,(H2,16,19)(H3,17,18);(H,6,7)/b7-5+;. The Kier molecular flexibility index (Phi) is 6.92. The number of hydrogen-bond donors (Lipinski definition) is 4. The molecule has 0 saturated heterocycles. The van der Waals surface area contributed by atoms with Crippen LogP contribution in [0, 0.1) is 5.41 Å². The number of methoxy groups -OCH3 is 1. The Hall–Kier alpha value is -3.56. The van der Waals surface area contributed by atoms with Gasteiger partial charge in [-0.05, 0) is 29.0 Å². The number of primary amides is 1. The number of carbonyl (C=O) groups is 2. The molecule has 1 amide bonds. The lowest BCUT2D eigenvalue weighted by Crippen LogP contribution is -2.21. The van der Waals surface area contributed by atoms with Crippen LogP contribution in [0.1, 0.15) is 11.1 Å². The topological polar surface area (TPSA) is 139 Å². The van der Waals surface area contributed by atoms with Gasteiger partial charge < -0.3 is 21.3 Å². The summed E-state index contributed by atoms with van der Waals surface area (Å²) < 4.78 is 37.0. The molecular weight excluding hydrogens is 367 g/mol. The first kappa shape index (κ1) is 21.5. The van der Waals surface area contributed by atoms with Crippen LogP contribution in [0.25, 0.3) is 16.8 Å². The monoisotopic (exact) mass is 383 g/mol. The number of fused-ring (bicyclic) bond motifs is 1. The van der Waals surface area contributed by atoms with Crippen molar-refractivity contribution in [1.29, 1.82) is 5.41 Å². The second-order valence-electron chi connectivity index (χ2n) is 5.07. The molecule has 10 heteroatoms. The average molecular weight is 383 g/mol. The van der Waals surface area contributed by atoms with Gasteiger partial charge in [-0.15, -0.1) is 0 Å². The Morgan fingerprint density at radius 2 is 1.74 bits per heavy atom. The van der Waals surface area contributed by atoms with E-state index in [1.54, 1.807) is 25.3 Å². The fourth-order valence-corrected chi connectivity index (χ4v) is 2.01. The van der Waals surface area contributed by atoms with Gasteiger partial charge in [0.15, 0.2) is 0 Å². The number of carbonyl (C=O) groups excluding carboxylic acids is 1. The molecule has 6 N–H and O–H groups in total. The molecule has 0 unspecified atom stereocenters. The predicted molar refractivity (Wildman–Crippen MR) is 93.4 cm³/mol. The molecule has 0 aliphatic rings. The first-order valence-corrected chi connectivity index (χ1v) is 7.20. The zero-order chi connectivity index (χ0) is 20.8. The van der Waals surface area contributed by atoms with Gasteiger partial charge in [-0.3, -0.25) is 10.2 Å². The Labute approximate surface area is 151 Å². The third kappa shape index (κ3) is 6.03. The fourth-order valence-electron chi connectivity index (χ4n) is 2.01. The van der Waals surface area contributed by atoms with Crippen molar-refractivity contribution in [3.05, 3.63) is 47.5 Å². The van der Waals surface area contributed by atoms with Gasteiger partial charge in [0.2, 0.25) is 5.91 Å². The number of hydrogen-bond acceptors (Lipinski definition) is 4. The summed E-state index contributed by atoms with van der Waals surface area (Å²) in [5.41, 5.74) is 12.0. The van der Waals surface area contributed by atoms with Crippen LogP contribution in [0.2, 0.25) is 0 Å². The van der Waals surface area contributed by atoms with Crippen LogP contribution in [-0.4, -0.2) is 36.1 Å². The molecule has 0 aliphatic heterocycles. The largest absolute Gasteiger partial charge is 0.496 e. The maximum Gasteiger partial charge on any atom is 0.490 e. The summed E-state index contributed by atoms with van der Waals surface area (Å²) in [5, 5.41) is 16.4. The summed E-state index contributed by atoms with van der Waals surface area (Å²) in [6.07, 6.45) is -2.20. The van der Waals surface area contributed by atoms with E-state index in [-0.39, 0.29) is 5.84 Å². The highest BCUT2D eigenvalue weighted by Gasteiger charge is 2.38. The van der Waals surface area contributed by atoms with Gasteiger partial charge in [0.05, 0.1) is 7.11 Å². The zero-order valence-electron chi connectivity index (χ0n) is 14.0. The Morgan fingerprint density at radius 3 is 2.19 bits per heavy atom. The molecule has 2 aromatic rings. The van der Waals surface area contributed by atoms with Crippen molar-refractivity contribution in [3.63, 3.8) is 0 Å². The van der Waals surface area contributed by atoms with Crippen LogP contribution in [0.4, 0.5) is 13.2 Å². The molecule has 0 heterocycles. The van der Waals surface area contributed by atoms with E-state index >= 15 is 0 Å². The highest BCUT2D eigenvalue weighted by molar-refractivity contribution is 6.03. The maximum absolute atomic E-state index is 10.9. The van der Waals surface area contributed by atoms with E-state index in [2.05, 4.69) is 0 Å². The van der Waals surface area contributed by atoms with Gasteiger partial charge in [-0.25, -0.2) is 4.79 Å². The molecule has 0 spiro atoms. The minimum Gasteiger partial charge on any atom is -0.496 e. The highest BCUT2D eigenvalue weighted by atomic mass is 19.4. The van der Waals surface area contributed by atoms with E-state index < -0.39 is 18.1 Å². The summed E-state index contributed by atoms with van der Waals surface area (Å²) in [7, 11) is 1.55. The van der Waals surface area contributed by atoms with Gasteiger partial charge in [0.25, 0.3) is 0 Å². The van der Waals surface area contributed by atoms with E-state index in [4.69, 9.17) is 31.5 Å². The van der Waals surface area contributed by atoms with Crippen molar-refractivity contribution in [2.24, 2.45) is 11.5 Å². The van der Waals surface area contributed by atoms with Crippen molar-refractivity contribution in [1.82, 2.24) is 0 Å². The molecule has 2 aromatic carbocycles. The summed E-state index contributed by atoms with van der Waals surface area (Å²) in [6, 6.07) is 9.16. The third-order valence-electron chi connectivity index (χ3n) is 3.21. The number of ether oxygens (including phenoxy) is 1. The summed E-state index contributed by atoms with van der Waals surface area (Å²) in [6.45, 7) is 0. The first-order valence-electron chi connectivity index (χ1n) is 7.20. The minimum absolute atomic E-state index is 0.0143. The number of nitrogen functional groups attached to an aromatic ring is 1. The van der Waals surface area contributed by atoms with E-state index in [0.29, 0.717) is 11.3 Å². The van der Waals surface area contributed by atoms with Crippen LogP contribution in [0.15, 0.2) is 36.4 Å². The number of benzene rings is 2. The lowest BCUT2D eigenvalue weighted by Gasteiger charge is -2.10. The van der Waals surface area contributed by atoms with Crippen molar-refractivity contribution in [2.75, 3.05) is 7.11 Å². The molecule has 0 saturated carbocycles. The fraction of sp³-hybridized carbons (Fsp3) is 0.118. The average Bonchev–Trinajstić information content (AvgIpc) is 2.58. The number of halogens is 3. The predicted octanol–water partition coefficient (Wildman–Crippen LogP) is 2.26.